The number of benzene rings is 2. The van der Waals surface area contributed by atoms with Gasteiger partial charge in [0.25, 0.3) is 0 Å². The molecule has 0 spiro atoms. The average molecular weight is 363 g/mol. The standard InChI is InChI=1S/C22H21NO2S/c1-16-10-11-20(17(2)14-16)25-13-7-6-12-23(3)19-15-22(24)26-21-9-5-4-8-18(19)21/h4-5,8-11,14-15H,12-13H2,1-3H3. The molecule has 3 nitrogen and oxygen atoms in total. The Hall–Kier alpha value is -2.77. The largest absolute Gasteiger partial charge is 0.481 e. The molecular formula is C22H21NO2S. The Bertz CT molecular complexity index is 1040. The fraction of sp³-hybridized carbons (Fsp3) is 0.227. The maximum Gasteiger partial charge on any atom is 0.234 e. The molecule has 4 heteroatoms. The van der Waals surface area contributed by atoms with E-state index in [2.05, 4.69) is 24.8 Å². The highest BCUT2D eigenvalue weighted by atomic mass is 32.1. The van der Waals surface area contributed by atoms with E-state index in [-0.39, 0.29) is 4.74 Å². The summed E-state index contributed by atoms with van der Waals surface area (Å²) >= 11 is 1.27. The van der Waals surface area contributed by atoms with Gasteiger partial charge in [0.15, 0.2) is 0 Å². The zero-order valence-electron chi connectivity index (χ0n) is 15.2. The van der Waals surface area contributed by atoms with Gasteiger partial charge in [0.1, 0.15) is 12.4 Å². The number of hydrogen-bond acceptors (Lipinski definition) is 4. The first-order valence-corrected chi connectivity index (χ1v) is 9.26. The van der Waals surface area contributed by atoms with E-state index in [9.17, 15) is 4.79 Å². The maximum absolute atomic E-state index is 11.9. The normalized spacial score (nSPS) is 10.3. The summed E-state index contributed by atoms with van der Waals surface area (Å²) in [4.78, 5) is 13.9. The first kappa shape index (κ1) is 18.0. The van der Waals surface area contributed by atoms with E-state index in [1.165, 1.54) is 16.9 Å². The zero-order chi connectivity index (χ0) is 18.5. The van der Waals surface area contributed by atoms with E-state index < -0.39 is 0 Å². The molecule has 0 amide bonds. The van der Waals surface area contributed by atoms with E-state index in [1.54, 1.807) is 6.07 Å². The van der Waals surface area contributed by atoms with E-state index in [4.69, 9.17) is 4.74 Å². The van der Waals surface area contributed by atoms with Crippen molar-refractivity contribution in [2.45, 2.75) is 13.8 Å². The molecule has 0 saturated carbocycles. The average Bonchev–Trinajstić information content (AvgIpc) is 2.62. The van der Waals surface area contributed by atoms with E-state index >= 15 is 0 Å². The Morgan fingerprint density at radius 2 is 1.88 bits per heavy atom. The summed E-state index contributed by atoms with van der Waals surface area (Å²) < 4.78 is 6.77. The number of aryl methyl sites for hydroxylation is 2. The van der Waals surface area contributed by atoms with Gasteiger partial charge in [-0.1, -0.05) is 59.1 Å². The van der Waals surface area contributed by atoms with Gasteiger partial charge in [-0.2, -0.15) is 0 Å². The lowest BCUT2D eigenvalue weighted by Gasteiger charge is -2.17. The van der Waals surface area contributed by atoms with E-state index in [0.717, 1.165) is 27.1 Å². The Kier molecular flexibility index (Phi) is 5.60. The summed E-state index contributed by atoms with van der Waals surface area (Å²) in [6, 6.07) is 15.7. The van der Waals surface area contributed by atoms with Gasteiger partial charge in [0, 0.05) is 23.2 Å². The molecule has 3 rings (SSSR count). The van der Waals surface area contributed by atoms with Crippen molar-refractivity contribution in [1.82, 2.24) is 0 Å². The van der Waals surface area contributed by atoms with Crippen molar-refractivity contribution >= 4 is 27.1 Å². The first-order chi connectivity index (χ1) is 12.5. The molecule has 0 radical (unpaired) electrons. The van der Waals surface area contributed by atoms with Crippen LogP contribution in [0, 0.1) is 25.7 Å². The SMILES string of the molecule is Cc1ccc(OCC#CCN(C)c2cc(=O)sc3ccccc23)c(C)c1. The minimum Gasteiger partial charge on any atom is -0.481 e. The van der Waals surface area contributed by atoms with Crippen LogP contribution in [-0.4, -0.2) is 20.2 Å². The Labute approximate surface area is 157 Å². The van der Waals surface area contributed by atoms with Crippen molar-refractivity contribution in [1.29, 1.82) is 0 Å². The van der Waals surface area contributed by atoms with Gasteiger partial charge in [-0.05, 0) is 31.5 Å². The monoisotopic (exact) mass is 363 g/mol. The van der Waals surface area contributed by atoms with Crippen LogP contribution < -0.4 is 14.4 Å². The van der Waals surface area contributed by atoms with E-state index in [0.29, 0.717) is 13.2 Å². The quantitative estimate of drug-likeness (QED) is 0.644. The molecule has 3 aromatic rings. The number of ether oxygens (including phenoxy) is 1. The van der Waals surface area contributed by atoms with Crippen molar-refractivity contribution in [3.8, 4) is 17.6 Å². The fourth-order valence-electron chi connectivity index (χ4n) is 2.80. The third kappa shape index (κ3) is 4.25. The molecule has 0 unspecified atom stereocenters. The first-order valence-electron chi connectivity index (χ1n) is 8.44. The number of rotatable bonds is 4. The predicted molar refractivity (Wildman–Crippen MR) is 111 cm³/mol. The highest BCUT2D eigenvalue weighted by Gasteiger charge is 2.07. The van der Waals surface area contributed by atoms with E-state index in [1.807, 2.05) is 55.3 Å². The summed E-state index contributed by atoms with van der Waals surface area (Å²) in [6.45, 7) is 4.98. The molecule has 0 N–H and O–H groups in total. The molecule has 0 aliphatic heterocycles. The molecule has 1 aromatic heterocycles. The second-order valence-electron chi connectivity index (χ2n) is 6.21. The highest BCUT2D eigenvalue weighted by molar-refractivity contribution is 7.16. The second-order valence-corrected chi connectivity index (χ2v) is 7.26. The van der Waals surface area contributed by atoms with Crippen LogP contribution in [0.5, 0.6) is 5.75 Å². The molecule has 0 atom stereocenters. The third-order valence-electron chi connectivity index (χ3n) is 4.11. The molecule has 132 valence electrons. The molecule has 0 fully saturated rings. The lowest BCUT2D eigenvalue weighted by atomic mass is 10.1. The second kappa shape index (κ2) is 8.07. The van der Waals surface area contributed by atoms with Gasteiger partial charge in [-0.15, -0.1) is 0 Å². The van der Waals surface area contributed by atoms with Crippen LogP contribution in [0.15, 0.2) is 53.3 Å². The smallest absolute Gasteiger partial charge is 0.234 e. The number of anilines is 1. The van der Waals surface area contributed by atoms with Crippen molar-refractivity contribution in [2.24, 2.45) is 0 Å². The van der Waals surface area contributed by atoms with Gasteiger partial charge in [-0.3, -0.25) is 4.79 Å². The minimum absolute atomic E-state index is 0.0525. The number of hydrogen-bond donors (Lipinski definition) is 0. The van der Waals surface area contributed by atoms with Crippen LogP contribution in [-0.2, 0) is 0 Å². The maximum atomic E-state index is 11.9. The minimum atomic E-state index is 0.0525. The third-order valence-corrected chi connectivity index (χ3v) is 5.01. The summed E-state index contributed by atoms with van der Waals surface area (Å²) in [5, 5.41) is 1.08. The van der Waals surface area contributed by atoms with Crippen LogP contribution in [0.1, 0.15) is 11.1 Å². The molecule has 0 saturated heterocycles. The number of fused-ring (bicyclic) bond motifs is 1. The van der Waals surface area contributed by atoms with Gasteiger partial charge in [-0.25, -0.2) is 0 Å². The van der Waals surface area contributed by atoms with Crippen molar-refractivity contribution in [2.75, 3.05) is 25.1 Å². The van der Waals surface area contributed by atoms with Gasteiger partial charge in [0.05, 0.1) is 12.2 Å². The Morgan fingerprint density at radius 1 is 1.08 bits per heavy atom. The molecule has 2 aromatic carbocycles. The topological polar surface area (TPSA) is 29.5 Å². The summed E-state index contributed by atoms with van der Waals surface area (Å²) in [7, 11) is 1.95. The van der Waals surface area contributed by atoms with Crippen molar-refractivity contribution in [3.05, 3.63) is 69.2 Å². The van der Waals surface area contributed by atoms with Crippen molar-refractivity contribution in [3.63, 3.8) is 0 Å². The predicted octanol–water partition coefficient (Wildman–Crippen LogP) is 4.40. The Balaban J connectivity index is 1.66. The van der Waals surface area contributed by atoms with Crippen LogP contribution >= 0.6 is 11.3 Å². The van der Waals surface area contributed by atoms with Crippen LogP contribution in [0.4, 0.5) is 5.69 Å². The summed E-state index contributed by atoms with van der Waals surface area (Å²) in [5.74, 6) is 7.04. The van der Waals surface area contributed by atoms with Crippen LogP contribution in [0.2, 0.25) is 0 Å². The lowest BCUT2D eigenvalue weighted by molar-refractivity contribution is 0.367. The molecule has 1 heterocycles. The Morgan fingerprint density at radius 3 is 2.69 bits per heavy atom. The molecular weight excluding hydrogens is 342 g/mol. The van der Waals surface area contributed by atoms with Crippen LogP contribution in [0.25, 0.3) is 10.1 Å². The fourth-order valence-corrected chi connectivity index (χ4v) is 3.61. The highest BCUT2D eigenvalue weighted by Crippen LogP contribution is 2.26. The summed E-state index contributed by atoms with van der Waals surface area (Å²) in [6.07, 6.45) is 0. The van der Waals surface area contributed by atoms with Gasteiger partial charge >= 0.3 is 0 Å². The summed E-state index contributed by atoms with van der Waals surface area (Å²) in [5.41, 5.74) is 3.24. The van der Waals surface area contributed by atoms with Crippen LogP contribution in [0.3, 0.4) is 0 Å². The van der Waals surface area contributed by atoms with Gasteiger partial charge in [0.2, 0.25) is 4.74 Å². The zero-order valence-corrected chi connectivity index (χ0v) is 16.0. The van der Waals surface area contributed by atoms with Crippen molar-refractivity contribution < 1.29 is 4.74 Å². The molecule has 26 heavy (non-hydrogen) atoms. The molecule has 0 aliphatic carbocycles. The molecule has 0 aliphatic rings. The lowest BCUT2D eigenvalue weighted by Crippen LogP contribution is -2.18. The van der Waals surface area contributed by atoms with Gasteiger partial charge < -0.3 is 9.64 Å². The number of nitrogens with zero attached hydrogens (tertiary/aromatic N) is 1. The molecule has 0 bridgehead atoms.